The number of alkyl halides is 3. The Hall–Kier alpha value is -1.03. The summed E-state index contributed by atoms with van der Waals surface area (Å²) in [5.41, 5.74) is -0.0669. The summed E-state index contributed by atoms with van der Waals surface area (Å²) in [7, 11) is 0. The number of hydrogen-bond donors (Lipinski definition) is 0. The fourth-order valence-corrected chi connectivity index (χ4v) is 1.19. The third-order valence-corrected chi connectivity index (χ3v) is 1.74. The molecule has 0 aliphatic carbocycles. The fraction of sp³-hybridized carbons (Fsp3) is 0.500. The lowest BCUT2D eigenvalue weighted by atomic mass is 10.1. The van der Waals surface area contributed by atoms with Crippen molar-refractivity contribution in [3.63, 3.8) is 0 Å². The van der Waals surface area contributed by atoms with E-state index in [0.717, 1.165) is 12.4 Å². The predicted molar refractivity (Wildman–Crippen MR) is 75.6 cm³/mol. The number of rotatable bonds is 0. The Kier molecular flexibility index (Phi) is 16.3. The SMILES string of the molecule is CC.CC.CC=O.Cc1ccc(C(F)(F)F)c(Cl)c1. The summed E-state index contributed by atoms with van der Waals surface area (Å²) >= 11 is 5.39. The van der Waals surface area contributed by atoms with Gasteiger partial charge in [-0.05, 0) is 31.5 Å². The van der Waals surface area contributed by atoms with Gasteiger partial charge in [-0.2, -0.15) is 13.2 Å². The first-order valence-corrected chi connectivity index (χ1v) is 6.43. The summed E-state index contributed by atoms with van der Waals surface area (Å²) in [5, 5.41) is -0.248. The molecular formula is C14H22ClF3O. The molecule has 0 atom stereocenters. The molecule has 0 fully saturated rings. The van der Waals surface area contributed by atoms with Crippen molar-refractivity contribution >= 4 is 17.9 Å². The van der Waals surface area contributed by atoms with Crippen LogP contribution in [0.2, 0.25) is 5.02 Å². The Morgan fingerprint density at radius 3 is 1.74 bits per heavy atom. The molecule has 0 unspecified atom stereocenters. The summed E-state index contributed by atoms with van der Waals surface area (Å²) in [6.07, 6.45) is -3.61. The van der Waals surface area contributed by atoms with Crippen LogP contribution in [0.25, 0.3) is 0 Å². The molecule has 0 spiro atoms. The fourth-order valence-electron chi connectivity index (χ4n) is 0.850. The lowest BCUT2D eigenvalue weighted by Gasteiger charge is -2.08. The summed E-state index contributed by atoms with van der Waals surface area (Å²) in [6, 6.07) is 3.66. The van der Waals surface area contributed by atoms with Gasteiger partial charge in [-0.15, -0.1) is 0 Å². The second kappa shape index (κ2) is 13.4. The van der Waals surface area contributed by atoms with E-state index in [9.17, 15) is 13.2 Å². The van der Waals surface area contributed by atoms with Gasteiger partial charge in [0.1, 0.15) is 6.29 Å². The van der Waals surface area contributed by atoms with Crippen LogP contribution in [-0.4, -0.2) is 6.29 Å². The van der Waals surface area contributed by atoms with Crippen LogP contribution < -0.4 is 0 Å². The van der Waals surface area contributed by atoms with Crippen molar-refractivity contribution in [3.05, 3.63) is 34.3 Å². The Bertz CT molecular complexity index is 336. The molecular weight excluding hydrogens is 277 g/mol. The van der Waals surface area contributed by atoms with Gasteiger partial charge in [-0.25, -0.2) is 0 Å². The zero-order valence-corrected chi connectivity index (χ0v) is 13.0. The quantitative estimate of drug-likeness (QED) is 0.543. The molecule has 0 aliphatic rings. The van der Waals surface area contributed by atoms with Gasteiger partial charge in [-0.3, -0.25) is 0 Å². The monoisotopic (exact) mass is 298 g/mol. The van der Waals surface area contributed by atoms with E-state index < -0.39 is 11.7 Å². The number of benzene rings is 1. The molecule has 0 N–H and O–H groups in total. The number of carbonyl (C=O) groups excluding carboxylic acids is 1. The molecule has 112 valence electrons. The van der Waals surface area contributed by atoms with E-state index in [1.54, 1.807) is 6.92 Å². The second-order valence-electron chi connectivity index (χ2n) is 2.72. The number of halogens is 4. The molecule has 0 saturated heterocycles. The Labute approximate surface area is 118 Å². The van der Waals surface area contributed by atoms with Gasteiger partial charge >= 0.3 is 6.18 Å². The van der Waals surface area contributed by atoms with Crippen molar-refractivity contribution in [2.75, 3.05) is 0 Å². The van der Waals surface area contributed by atoms with Gasteiger partial charge in [-0.1, -0.05) is 45.4 Å². The maximum atomic E-state index is 12.1. The van der Waals surface area contributed by atoms with Crippen LogP contribution in [0, 0.1) is 6.92 Å². The normalized spacial score (nSPS) is 8.74. The van der Waals surface area contributed by atoms with E-state index in [1.807, 2.05) is 27.7 Å². The first-order chi connectivity index (χ1) is 8.82. The first-order valence-electron chi connectivity index (χ1n) is 6.06. The standard InChI is InChI=1S/C8H6ClF3.C2H4O.2C2H6/c1-5-2-3-6(7(9)4-5)8(10,11)12;1-2-3;2*1-2/h2-4H,1H3;2H,1H3;2*1-2H3. The average molecular weight is 299 g/mol. The van der Waals surface area contributed by atoms with Gasteiger partial charge in [0, 0.05) is 0 Å². The Morgan fingerprint density at radius 1 is 1.11 bits per heavy atom. The predicted octanol–water partition coefficient (Wildman–Crippen LogP) is 5.92. The smallest absolute Gasteiger partial charge is 0.304 e. The van der Waals surface area contributed by atoms with E-state index in [1.165, 1.54) is 19.1 Å². The van der Waals surface area contributed by atoms with E-state index in [-0.39, 0.29) is 5.02 Å². The lowest BCUT2D eigenvalue weighted by molar-refractivity contribution is -0.137. The molecule has 1 nitrogen and oxygen atoms in total. The summed E-state index contributed by atoms with van der Waals surface area (Å²) in [5.74, 6) is 0. The summed E-state index contributed by atoms with van der Waals surface area (Å²) < 4.78 is 36.3. The zero-order chi connectivity index (χ0) is 16.1. The number of aryl methyl sites for hydroxylation is 1. The van der Waals surface area contributed by atoms with Crippen molar-refractivity contribution < 1.29 is 18.0 Å². The maximum Gasteiger partial charge on any atom is 0.417 e. The number of aldehydes is 1. The third kappa shape index (κ3) is 11.8. The minimum atomic E-state index is -4.36. The van der Waals surface area contributed by atoms with Crippen LogP contribution in [0.4, 0.5) is 13.2 Å². The van der Waals surface area contributed by atoms with E-state index in [2.05, 4.69) is 0 Å². The molecule has 5 heteroatoms. The molecule has 0 bridgehead atoms. The highest BCUT2D eigenvalue weighted by Crippen LogP contribution is 2.34. The van der Waals surface area contributed by atoms with E-state index in [4.69, 9.17) is 16.4 Å². The van der Waals surface area contributed by atoms with Gasteiger partial charge in [0.15, 0.2) is 0 Å². The molecule has 0 radical (unpaired) electrons. The van der Waals surface area contributed by atoms with E-state index in [0.29, 0.717) is 5.56 Å². The highest BCUT2D eigenvalue weighted by atomic mass is 35.5. The molecule has 0 heterocycles. The largest absolute Gasteiger partial charge is 0.417 e. The minimum absolute atomic E-state index is 0.248. The minimum Gasteiger partial charge on any atom is -0.304 e. The molecule has 0 aromatic heterocycles. The number of carbonyl (C=O) groups is 1. The van der Waals surface area contributed by atoms with Crippen molar-refractivity contribution in [2.45, 2.75) is 47.7 Å². The Balaban J connectivity index is -0.000000313. The lowest BCUT2D eigenvalue weighted by Crippen LogP contribution is -2.05. The van der Waals surface area contributed by atoms with Crippen LogP contribution >= 0.6 is 11.6 Å². The summed E-state index contributed by atoms with van der Waals surface area (Å²) in [6.45, 7) is 11.1. The number of hydrogen-bond acceptors (Lipinski definition) is 1. The van der Waals surface area contributed by atoms with Crippen LogP contribution in [0.1, 0.15) is 45.7 Å². The van der Waals surface area contributed by atoms with Crippen LogP contribution in [-0.2, 0) is 11.0 Å². The van der Waals surface area contributed by atoms with Gasteiger partial charge in [0.25, 0.3) is 0 Å². The molecule has 1 aromatic rings. The third-order valence-electron chi connectivity index (χ3n) is 1.43. The van der Waals surface area contributed by atoms with Crippen molar-refractivity contribution in [1.82, 2.24) is 0 Å². The topological polar surface area (TPSA) is 17.1 Å². The summed E-state index contributed by atoms with van der Waals surface area (Å²) in [4.78, 5) is 8.81. The van der Waals surface area contributed by atoms with Gasteiger partial charge in [0.2, 0.25) is 0 Å². The maximum absolute atomic E-state index is 12.1. The molecule has 1 rings (SSSR count). The molecule has 1 aromatic carbocycles. The van der Waals surface area contributed by atoms with Crippen molar-refractivity contribution in [2.24, 2.45) is 0 Å². The van der Waals surface area contributed by atoms with Crippen molar-refractivity contribution in [1.29, 1.82) is 0 Å². The molecule has 0 saturated carbocycles. The molecule has 0 amide bonds. The molecule has 0 aliphatic heterocycles. The highest BCUT2D eigenvalue weighted by molar-refractivity contribution is 6.31. The second-order valence-corrected chi connectivity index (χ2v) is 3.12. The van der Waals surface area contributed by atoms with Crippen molar-refractivity contribution in [3.8, 4) is 0 Å². The van der Waals surface area contributed by atoms with Crippen LogP contribution in [0.5, 0.6) is 0 Å². The highest BCUT2D eigenvalue weighted by Gasteiger charge is 2.32. The van der Waals surface area contributed by atoms with Crippen LogP contribution in [0.15, 0.2) is 18.2 Å². The average Bonchev–Trinajstić information content (AvgIpc) is 2.33. The van der Waals surface area contributed by atoms with Gasteiger partial charge < -0.3 is 4.79 Å². The Morgan fingerprint density at radius 2 is 1.47 bits per heavy atom. The first kappa shape index (κ1) is 23.1. The van der Waals surface area contributed by atoms with E-state index >= 15 is 0 Å². The molecule has 19 heavy (non-hydrogen) atoms. The zero-order valence-electron chi connectivity index (χ0n) is 12.2. The van der Waals surface area contributed by atoms with Crippen LogP contribution in [0.3, 0.4) is 0 Å². The van der Waals surface area contributed by atoms with Gasteiger partial charge in [0.05, 0.1) is 10.6 Å².